The largest absolute Gasteiger partial charge is 0.756 e. The van der Waals surface area contributed by atoms with Gasteiger partial charge in [0, 0.05) is 12.8 Å². The van der Waals surface area contributed by atoms with Crippen LogP contribution in [0.1, 0.15) is 348 Å². The Labute approximate surface area is 485 Å². The molecule has 0 aliphatic rings. The first kappa shape index (κ1) is 76.5. The zero-order valence-electron chi connectivity index (χ0n) is 52.9. The molecule has 0 fully saturated rings. The Morgan fingerprint density at radius 3 is 1.10 bits per heavy atom. The summed E-state index contributed by atoms with van der Waals surface area (Å²) in [5, 5.41) is 3.03. The summed E-state index contributed by atoms with van der Waals surface area (Å²) in [7, 11) is 1.19. The van der Waals surface area contributed by atoms with Gasteiger partial charge in [-0.15, -0.1) is 0 Å². The normalized spacial score (nSPS) is 13.7. The number of nitrogens with zero attached hydrogens (tertiary/aromatic N) is 1. The van der Waals surface area contributed by atoms with Crippen LogP contribution >= 0.6 is 7.82 Å². The fourth-order valence-corrected chi connectivity index (χ4v) is 11.1. The molecule has 0 heterocycles. The standard InChI is InChI=1S/C68H133N2O7P/c1-7-10-13-16-19-22-25-28-30-31-32-33-34-35-36-37-38-39-40-43-46-49-52-55-58-61-68(72)77-66(59-56-53-50-47-44-41-27-24-21-18-15-12-9-3)65(64-76-78(73,74)75-63-62-70(4,5)6)69-67(71)60-57-54-51-48-45-42-29-26-23-20-17-14-11-8-2/h42,45,56,59,65-66H,7-41,43-44,46-55,57-58,60-64H2,1-6H3,(H-,69,71,73,74)/b45-42-,59-56-. The van der Waals surface area contributed by atoms with Crippen LogP contribution in [0.25, 0.3) is 0 Å². The van der Waals surface area contributed by atoms with Gasteiger partial charge in [0.05, 0.1) is 33.8 Å². The highest BCUT2D eigenvalue weighted by Crippen LogP contribution is 2.38. The number of ether oxygens (including phenoxy) is 1. The molecule has 0 aromatic carbocycles. The molecule has 0 spiro atoms. The fourth-order valence-electron chi connectivity index (χ4n) is 10.3. The van der Waals surface area contributed by atoms with Crippen LogP contribution < -0.4 is 10.2 Å². The Bertz CT molecular complexity index is 1380. The molecule has 0 aromatic heterocycles. The van der Waals surface area contributed by atoms with Crippen molar-refractivity contribution in [2.24, 2.45) is 0 Å². The highest BCUT2D eigenvalue weighted by atomic mass is 31.2. The van der Waals surface area contributed by atoms with Crippen LogP contribution in [0.2, 0.25) is 0 Å². The Morgan fingerprint density at radius 2 is 0.744 bits per heavy atom. The summed E-state index contributed by atoms with van der Waals surface area (Å²) >= 11 is 0. The quantitative estimate of drug-likeness (QED) is 0.0212. The first-order chi connectivity index (χ1) is 37.9. The van der Waals surface area contributed by atoms with Gasteiger partial charge in [0.2, 0.25) is 5.91 Å². The molecule has 0 saturated heterocycles. The van der Waals surface area contributed by atoms with Gasteiger partial charge in [0.1, 0.15) is 19.3 Å². The Kier molecular flexibility index (Phi) is 57.5. The summed E-state index contributed by atoms with van der Waals surface area (Å²) in [5.41, 5.74) is 0. The van der Waals surface area contributed by atoms with Crippen molar-refractivity contribution in [1.82, 2.24) is 5.32 Å². The molecule has 0 aliphatic heterocycles. The molecule has 0 saturated carbocycles. The number of amides is 1. The zero-order valence-corrected chi connectivity index (χ0v) is 53.8. The molecular formula is C68H133N2O7P. The van der Waals surface area contributed by atoms with Crippen LogP contribution in [-0.4, -0.2) is 69.4 Å². The van der Waals surface area contributed by atoms with E-state index in [0.29, 0.717) is 17.4 Å². The van der Waals surface area contributed by atoms with Gasteiger partial charge in [-0.2, -0.15) is 0 Å². The summed E-state index contributed by atoms with van der Waals surface area (Å²) in [6, 6.07) is -0.891. The minimum Gasteiger partial charge on any atom is -0.756 e. The molecule has 462 valence electrons. The van der Waals surface area contributed by atoms with E-state index in [1.165, 1.54) is 244 Å². The highest BCUT2D eigenvalue weighted by molar-refractivity contribution is 7.45. The summed E-state index contributed by atoms with van der Waals surface area (Å²) in [6.07, 6.45) is 70.2. The van der Waals surface area contributed by atoms with E-state index in [1.54, 1.807) is 0 Å². The monoisotopic (exact) mass is 1120 g/mol. The van der Waals surface area contributed by atoms with Gasteiger partial charge >= 0.3 is 5.97 Å². The molecule has 1 N–H and O–H groups in total. The summed E-state index contributed by atoms with van der Waals surface area (Å²) in [5.74, 6) is -0.540. The molecule has 0 bridgehead atoms. The summed E-state index contributed by atoms with van der Waals surface area (Å²) < 4.78 is 30.4. The molecule has 78 heavy (non-hydrogen) atoms. The van der Waals surface area contributed by atoms with Crippen LogP contribution in [0.5, 0.6) is 0 Å². The lowest BCUT2D eigenvalue weighted by Crippen LogP contribution is -2.47. The van der Waals surface area contributed by atoms with Gasteiger partial charge in [-0.05, 0) is 57.4 Å². The van der Waals surface area contributed by atoms with Crippen LogP contribution in [0, 0.1) is 0 Å². The van der Waals surface area contributed by atoms with E-state index in [0.717, 1.165) is 70.6 Å². The maximum atomic E-state index is 13.5. The highest BCUT2D eigenvalue weighted by Gasteiger charge is 2.27. The number of allylic oxidation sites excluding steroid dienone is 3. The summed E-state index contributed by atoms with van der Waals surface area (Å²) in [6.45, 7) is 6.88. The second-order valence-electron chi connectivity index (χ2n) is 24.7. The van der Waals surface area contributed by atoms with Crippen molar-refractivity contribution in [3.63, 3.8) is 0 Å². The average Bonchev–Trinajstić information content (AvgIpc) is 3.40. The van der Waals surface area contributed by atoms with E-state index in [1.807, 2.05) is 33.3 Å². The van der Waals surface area contributed by atoms with Crippen molar-refractivity contribution in [2.45, 2.75) is 360 Å². The van der Waals surface area contributed by atoms with Crippen LogP contribution in [0.3, 0.4) is 0 Å². The van der Waals surface area contributed by atoms with E-state index < -0.39 is 20.0 Å². The van der Waals surface area contributed by atoms with Crippen molar-refractivity contribution in [1.29, 1.82) is 0 Å². The van der Waals surface area contributed by atoms with Gasteiger partial charge in [0.25, 0.3) is 7.82 Å². The van der Waals surface area contributed by atoms with Crippen molar-refractivity contribution in [3.05, 3.63) is 24.3 Å². The number of esters is 1. The lowest BCUT2D eigenvalue weighted by atomic mass is 10.0. The molecule has 0 rings (SSSR count). The maximum Gasteiger partial charge on any atom is 0.306 e. The predicted molar refractivity (Wildman–Crippen MR) is 335 cm³/mol. The average molecular weight is 1120 g/mol. The van der Waals surface area contributed by atoms with E-state index in [4.69, 9.17) is 13.8 Å². The number of phosphoric ester groups is 1. The first-order valence-electron chi connectivity index (χ1n) is 34.1. The smallest absolute Gasteiger partial charge is 0.306 e. The number of hydrogen-bond donors (Lipinski definition) is 1. The zero-order chi connectivity index (χ0) is 57.2. The van der Waals surface area contributed by atoms with Crippen molar-refractivity contribution < 1.29 is 37.3 Å². The molecule has 0 aliphatic carbocycles. The summed E-state index contributed by atoms with van der Waals surface area (Å²) in [4.78, 5) is 40.0. The first-order valence-corrected chi connectivity index (χ1v) is 35.6. The molecular weight excluding hydrogens is 988 g/mol. The number of phosphoric acid groups is 1. The fraction of sp³-hybridized carbons (Fsp3) is 0.912. The molecule has 3 atom stereocenters. The minimum absolute atomic E-state index is 0.0213. The second-order valence-corrected chi connectivity index (χ2v) is 26.1. The molecule has 3 unspecified atom stereocenters. The third-order valence-corrected chi connectivity index (χ3v) is 16.6. The van der Waals surface area contributed by atoms with Gasteiger partial charge in [0.15, 0.2) is 0 Å². The number of unbranched alkanes of at least 4 members (excludes halogenated alkanes) is 45. The molecule has 0 radical (unpaired) electrons. The van der Waals surface area contributed by atoms with Crippen molar-refractivity contribution >= 4 is 19.7 Å². The van der Waals surface area contributed by atoms with Gasteiger partial charge in [-0.3, -0.25) is 14.2 Å². The number of likely N-dealkylation sites (N-methyl/N-ethyl adjacent to an activating group) is 1. The number of rotatable bonds is 63. The lowest BCUT2D eigenvalue weighted by molar-refractivity contribution is -0.870. The minimum atomic E-state index is -4.70. The Hall–Kier alpha value is -1.51. The van der Waals surface area contributed by atoms with Crippen molar-refractivity contribution in [2.75, 3.05) is 40.9 Å². The number of carbonyl (C=O) groups is 2. The molecule has 10 heteroatoms. The van der Waals surface area contributed by atoms with E-state index in [-0.39, 0.29) is 31.5 Å². The van der Waals surface area contributed by atoms with E-state index >= 15 is 0 Å². The number of nitrogens with one attached hydrogen (secondary N) is 1. The maximum absolute atomic E-state index is 13.5. The Balaban J connectivity index is 5.05. The molecule has 0 aromatic rings. The van der Waals surface area contributed by atoms with E-state index in [2.05, 4.69) is 38.2 Å². The van der Waals surface area contributed by atoms with E-state index in [9.17, 15) is 19.0 Å². The van der Waals surface area contributed by atoms with Gasteiger partial charge in [-0.25, -0.2) is 0 Å². The molecule has 1 amide bonds. The topological polar surface area (TPSA) is 114 Å². The van der Waals surface area contributed by atoms with Crippen LogP contribution in [0.4, 0.5) is 0 Å². The van der Waals surface area contributed by atoms with Crippen molar-refractivity contribution in [3.8, 4) is 0 Å². The third kappa shape index (κ3) is 59.1. The third-order valence-electron chi connectivity index (χ3n) is 15.6. The predicted octanol–water partition coefficient (Wildman–Crippen LogP) is 20.7. The second kappa shape index (κ2) is 58.7. The van der Waals surface area contributed by atoms with Crippen LogP contribution in [0.15, 0.2) is 24.3 Å². The number of quaternary nitrogens is 1. The van der Waals surface area contributed by atoms with Gasteiger partial charge < -0.3 is 28.5 Å². The molecule has 9 nitrogen and oxygen atoms in total. The SMILES string of the molecule is CCCCCCCCC/C=C\CCCCCC(=O)NC(COP(=O)([O-])OCC[N+](C)(C)C)C(/C=C\CCCCCCCCCCCCC)OC(=O)CCCCCCCCCCCCCCCCCCCCCCCCCCC. The Morgan fingerprint density at radius 1 is 0.436 bits per heavy atom. The lowest BCUT2D eigenvalue weighted by Gasteiger charge is -2.30. The van der Waals surface area contributed by atoms with Gasteiger partial charge in [-0.1, -0.05) is 302 Å². The number of hydrogen-bond acceptors (Lipinski definition) is 7. The van der Waals surface area contributed by atoms with Crippen LogP contribution in [-0.2, 0) is 27.9 Å². The number of carbonyl (C=O) groups excluding carboxylic acids is 2.